The third-order valence-electron chi connectivity index (χ3n) is 7.83. The summed E-state index contributed by atoms with van der Waals surface area (Å²) in [6, 6.07) is 5.41. The minimum atomic E-state index is -1.16. The number of likely N-dealkylation sites (tertiary alicyclic amines) is 1. The van der Waals surface area contributed by atoms with Gasteiger partial charge in [0.05, 0.1) is 41.3 Å². The van der Waals surface area contributed by atoms with Crippen LogP contribution >= 0.6 is 11.6 Å². The Morgan fingerprint density at radius 3 is 2.58 bits per heavy atom. The molecule has 36 heavy (non-hydrogen) atoms. The highest BCUT2D eigenvalue weighted by Gasteiger charge is 2.75. The summed E-state index contributed by atoms with van der Waals surface area (Å²) in [6.45, 7) is 9.58. The number of halogens is 1. The Balaban J connectivity index is 1.82. The van der Waals surface area contributed by atoms with Gasteiger partial charge in [0.15, 0.2) is 0 Å². The van der Waals surface area contributed by atoms with E-state index in [0.29, 0.717) is 36.5 Å². The van der Waals surface area contributed by atoms with Crippen molar-refractivity contribution < 1.29 is 24.2 Å². The van der Waals surface area contributed by atoms with Gasteiger partial charge < -0.3 is 24.5 Å². The standard InChI is InChI=1S/C27H34ClN3O5/c1-5-14-29(4)24(33)21-20-12-13-27(36-20)22(21)25(34)31(17(7-3)16-32)23(27)26(35)30(15-6-2)19-11-9-8-10-18(19)28/h5-6,8-11,17,20-23,32H,1-2,7,12-16H2,3-4H3/t17-,20+,21-,22-,23?,27?/m0/s1. The van der Waals surface area contributed by atoms with Crippen LogP contribution in [0.25, 0.3) is 0 Å². The summed E-state index contributed by atoms with van der Waals surface area (Å²) < 4.78 is 6.49. The molecule has 194 valence electrons. The van der Waals surface area contributed by atoms with Crippen LogP contribution in [-0.2, 0) is 19.1 Å². The van der Waals surface area contributed by atoms with Gasteiger partial charge in [-0.1, -0.05) is 42.8 Å². The van der Waals surface area contributed by atoms with Gasteiger partial charge in [0.25, 0.3) is 5.91 Å². The van der Waals surface area contributed by atoms with Gasteiger partial charge in [0.1, 0.15) is 11.6 Å². The lowest BCUT2D eigenvalue weighted by Gasteiger charge is -2.39. The molecule has 0 aromatic heterocycles. The van der Waals surface area contributed by atoms with Gasteiger partial charge in [0, 0.05) is 20.1 Å². The van der Waals surface area contributed by atoms with E-state index < -0.39 is 35.6 Å². The number of para-hydroxylation sites is 1. The number of fused-ring (bicyclic) bond motifs is 1. The maximum atomic E-state index is 14.4. The highest BCUT2D eigenvalue weighted by Crippen LogP contribution is 2.59. The molecule has 9 heteroatoms. The summed E-state index contributed by atoms with van der Waals surface area (Å²) in [5.41, 5.74) is -0.656. The number of benzene rings is 1. The molecule has 3 aliphatic heterocycles. The Bertz CT molecular complexity index is 1060. The van der Waals surface area contributed by atoms with Crippen molar-refractivity contribution in [2.45, 2.75) is 50.0 Å². The van der Waals surface area contributed by atoms with Crippen LogP contribution in [0.2, 0.25) is 5.02 Å². The van der Waals surface area contributed by atoms with E-state index >= 15 is 0 Å². The van der Waals surface area contributed by atoms with E-state index in [1.807, 2.05) is 6.92 Å². The molecule has 6 atom stereocenters. The smallest absolute Gasteiger partial charge is 0.253 e. The number of hydrogen-bond acceptors (Lipinski definition) is 5. The highest BCUT2D eigenvalue weighted by molar-refractivity contribution is 6.34. The molecule has 1 spiro atoms. The third-order valence-corrected chi connectivity index (χ3v) is 8.15. The number of hydrogen-bond donors (Lipinski definition) is 1. The van der Waals surface area contributed by atoms with Gasteiger partial charge in [-0.05, 0) is 31.4 Å². The Morgan fingerprint density at radius 1 is 1.28 bits per heavy atom. The first kappa shape index (κ1) is 26.4. The number of carbonyl (C=O) groups is 3. The van der Waals surface area contributed by atoms with E-state index in [1.165, 1.54) is 9.80 Å². The minimum Gasteiger partial charge on any atom is -0.394 e. The third kappa shape index (κ3) is 3.96. The normalized spacial score (nSPS) is 29.1. The number of anilines is 1. The number of rotatable bonds is 10. The lowest BCUT2D eigenvalue weighted by molar-refractivity contribution is -0.146. The molecular weight excluding hydrogens is 482 g/mol. The predicted octanol–water partition coefficient (Wildman–Crippen LogP) is 2.65. The Morgan fingerprint density at radius 2 is 1.97 bits per heavy atom. The van der Waals surface area contributed by atoms with Crippen molar-refractivity contribution in [1.29, 1.82) is 0 Å². The first-order valence-electron chi connectivity index (χ1n) is 12.4. The van der Waals surface area contributed by atoms with E-state index in [1.54, 1.807) is 48.4 Å². The van der Waals surface area contributed by atoms with Gasteiger partial charge in [0.2, 0.25) is 11.8 Å². The monoisotopic (exact) mass is 515 g/mol. The SMILES string of the molecule is C=CCN(C)C(=O)[C@@H]1[C@H]2C(=O)N([C@@H](CC)CO)C(C(=O)N(CC=C)c3ccccc3Cl)C23CC[C@H]1O3. The van der Waals surface area contributed by atoms with Crippen molar-refractivity contribution in [3.05, 3.63) is 54.6 Å². The molecule has 1 N–H and O–H groups in total. The lowest BCUT2D eigenvalue weighted by Crippen LogP contribution is -2.59. The molecule has 3 amide bonds. The number of ether oxygens (including phenoxy) is 1. The second-order valence-electron chi connectivity index (χ2n) is 9.74. The van der Waals surface area contributed by atoms with E-state index in [-0.39, 0.29) is 30.9 Å². The maximum Gasteiger partial charge on any atom is 0.253 e. The molecule has 3 aliphatic rings. The average molecular weight is 516 g/mol. The average Bonchev–Trinajstić information content (AvgIpc) is 3.51. The molecule has 3 heterocycles. The zero-order valence-electron chi connectivity index (χ0n) is 20.8. The number of carbonyl (C=O) groups excluding carboxylic acids is 3. The molecule has 0 aliphatic carbocycles. The van der Waals surface area contributed by atoms with Crippen LogP contribution in [0.5, 0.6) is 0 Å². The molecule has 8 nitrogen and oxygen atoms in total. The summed E-state index contributed by atoms with van der Waals surface area (Å²) in [5.74, 6) is -2.37. The first-order valence-corrected chi connectivity index (χ1v) is 12.8. The van der Waals surface area contributed by atoms with Crippen LogP contribution in [0.3, 0.4) is 0 Å². The van der Waals surface area contributed by atoms with Gasteiger partial charge in [-0.15, -0.1) is 13.2 Å². The molecule has 3 saturated heterocycles. The molecule has 1 aromatic carbocycles. The van der Waals surface area contributed by atoms with Crippen molar-refractivity contribution in [2.24, 2.45) is 11.8 Å². The summed E-state index contributed by atoms with van der Waals surface area (Å²) in [4.78, 5) is 46.4. The molecule has 1 aromatic rings. The lowest BCUT2D eigenvalue weighted by atomic mass is 9.70. The van der Waals surface area contributed by atoms with Crippen LogP contribution < -0.4 is 4.90 Å². The van der Waals surface area contributed by atoms with Crippen LogP contribution in [-0.4, -0.2) is 83.2 Å². The van der Waals surface area contributed by atoms with Crippen LogP contribution in [0.4, 0.5) is 5.69 Å². The van der Waals surface area contributed by atoms with Crippen LogP contribution in [0, 0.1) is 11.8 Å². The van der Waals surface area contributed by atoms with Crippen LogP contribution in [0.1, 0.15) is 26.2 Å². The zero-order chi connectivity index (χ0) is 26.2. The predicted molar refractivity (Wildman–Crippen MR) is 137 cm³/mol. The number of aliphatic hydroxyl groups is 1. The zero-order valence-corrected chi connectivity index (χ0v) is 21.6. The van der Waals surface area contributed by atoms with Gasteiger partial charge >= 0.3 is 0 Å². The van der Waals surface area contributed by atoms with Crippen molar-refractivity contribution in [1.82, 2.24) is 9.80 Å². The van der Waals surface area contributed by atoms with E-state index in [9.17, 15) is 19.5 Å². The molecular formula is C27H34ClN3O5. The summed E-state index contributed by atoms with van der Waals surface area (Å²) >= 11 is 6.47. The molecule has 0 radical (unpaired) electrons. The first-order chi connectivity index (χ1) is 17.3. The van der Waals surface area contributed by atoms with Gasteiger partial charge in [-0.2, -0.15) is 0 Å². The Kier molecular flexibility index (Phi) is 7.59. The number of nitrogens with zero attached hydrogens (tertiary/aromatic N) is 3. The van der Waals surface area contributed by atoms with E-state index in [2.05, 4.69) is 13.2 Å². The topological polar surface area (TPSA) is 90.4 Å². The maximum absolute atomic E-state index is 14.4. The fourth-order valence-corrected chi connectivity index (χ4v) is 6.49. The van der Waals surface area contributed by atoms with Crippen molar-refractivity contribution in [3.63, 3.8) is 0 Å². The van der Waals surface area contributed by atoms with Gasteiger partial charge in [-0.25, -0.2) is 0 Å². The molecule has 2 bridgehead atoms. The van der Waals surface area contributed by atoms with E-state index in [0.717, 1.165) is 0 Å². The number of likely N-dealkylation sites (N-methyl/N-ethyl adjacent to an activating group) is 1. The highest BCUT2D eigenvalue weighted by atomic mass is 35.5. The largest absolute Gasteiger partial charge is 0.394 e. The molecule has 2 unspecified atom stereocenters. The summed E-state index contributed by atoms with van der Waals surface area (Å²) in [5, 5.41) is 10.6. The summed E-state index contributed by atoms with van der Waals surface area (Å²) in [7, 11) is 1.67. The molecule has 3 fully saturated rings. The number of amides is 3. The second-order valence-corrected chi connectivity index (χ2v) is 10.1. The number of aliphatic hydroxyl groups excluding tert-OH is 1. The van der Waals surface area contributed by atoms with Crippen molar-refractivity contribution in [2.75, 3.05) is 31.6 Å². The van der Waals surface area contributed by atoms with E-state index in [4.69, 9.17) is 16.3 Å². The second kappa shape index (κ2) is 10.4. The Hall–Kier alpha value is -2.68. The fourth-order valence-electron chi connectivity index (χ4n) is 6.25. The van der Waals surface area contributed by atoms with Crippen LogP contribution in [0.15, 0.2) is 49.6 Å². The molecule has 4 rings (SSSR count). The fraction of sp³-hybridized carbons (Fsp3) is 0.519. The van der Waals surface area contributed by atoms with Gasteiger partial charge in [-0.3, -0.25) is 14.4 Å². The van der Waals surface area contributed by atoms with Crippen molar-refractivity contribution in [3.8, 4) is 0 Å². The van der Waals surface area contributed by atoms with Crippen molar-refractivity contribution >= 4 is 35.0 Å². The molecule has 0 saturated carbocycles. The quantitative estimate of drug-likeness (QED) is 0.484. The Labute approximate surface area is 217 Å². The minimum absolute atomic E-state index is 0.172. The summed E-state index contributed by atoms with van der Waals surface area (Å²) in [6.07, 6.45) is 4.28.